The lowest BCUT2D eigenvalue weighted by molar-refractivity contribution is -0.181. The predicted molar refractivity (Wildman–Crippen MR) is 357 cm³/mol. The zero-order chi connectivity index (χ0) is 61.1. The van der Waals surface area contributed by atoms with Crippen LogP contribution in [0.1, 0.15) is 215 Å². The maximum absolute atomic E-state index is 13.5. The SMILES string of the molecule is CCC=CCC=CCC=CCC=CCC=CCCCCOC(CC)C(=O)OCC(COC(=O)C(CC)OCCCCC=CCC=CCC=CCC=CCC=CCC)OC(=O)C(CC)OCCCCC=CCC=CCC=CCC=CCC=CCC. The fourth-order valence-corrected chi connectivity index (χ4v) is 7.83. The van der Waals surface area contributed by atoms with Crippen molar-refractivity contribution in [3.8, 4) is 0 Å². The van der Waals surface area contributed by atoms with Gasteiger partial charge in [-0.3, -0.25) is 0 Å². The van der Waals surface area contributed by atoms with E-state index in [0.717, 1.165) is 154 Å². The first-order chi connectivity index (χ1) is 41.4. The van der Waals surface area contributed by atoms with Crippen molar-refractivity contribution in [3.63, 3.8) is 0 Å². The molecule has 0 radical (unpaired) electrons. The van der Waals surface area contributed by atoms with Gasteiger partial charge in [0.1, 0.15) is 13.2 Å². The minimum absolute atomic E-state index is 0.307. The summed E-state index contributed by atoms with van der Waals surface area (Å²) >= 11 is 0. The number of esters is 3. The first kappa shape index (κ1) is 78.4. The molecule has 0 amide bonds. The molecule has 0 bridgehead atoms. The van der Waals surface area contributed by atoms with Gasteiger partial charge in [0.05, 0.1) is 0 Å². The smallest absolute Gasteiger partial charge is 0.335 e. The summed E-state index contributed by atoms with van der Waals surface area (Å²) in [6, 6.07) is 0. The third kappa shape index (κ3) is 54.3. The fraction of sp³-hybridized carbons (Fsp3) is 0.560. The highest BCUT2D eigenvalue weighted by atomic mass is 16.6. The highest BCUT2D eigenvalue weighted by Crippen LogP contribution is 2.13. The van der Waals surface area contributed by atoms with Crippen LogP contribution >= 0.6 is 0 Å². The molecule has 0 aromatic rings. The largest absolute Gasteiger partial charge is 0.460 e. The van der Waals surface area contributed by atoms with Crippen molar-refractivity contribution in [1.82, 2.24) is 0 Å². The van der Waals surface area contributed by atoms with Crippen molar-refractivity contribution >= 4 is 17.9 Å². The van der Waals surface area contributed by atoms with E-state index >= 15 is 0 Å². The van der Waals surface area contributed by atoms with E-state index in [1.807, 2.05) is 20.8 Å². The van der Waals surface area contributed by atoms with Gasteiger partial charge in [0.25, 0.3) is 0 Å². The molecule has 0 N–H and O–H groups in total. The zero-order valence-electron chi connectivity index (χ0n) is 53.4. The molecule has 470 valence electrons. The Morgan fingerprint density at radius 3 is 0.714 bits per heavy atom. The number of carbonyl (C=O) groups is 3. The Hall–Kier alpha value is -5.61. The van der Waals surface area contributed by atoms with Crippen molar-refractivity contribution in [3.05, 3.63) is 182 Å². The standard InChI is InChI=1S/C75H116O9/c1-7-13-16-19-22-25-28-31-34-37-40-43-46-49-52-55-58-61-64-79-70(10-4)73(76)82-67-69(84-75(78)72(12-6)81-66-63-60-57-54-51-48-45-42-39-36-33-30-27-24-21-18-15-9-3)68-83-74(77)71(11-5)80-65-62-59-56-53-50-47-44-41-38-35-32-29-26-23-20-17-14-8-2/h13-18,22-27,31-36,40-45,49-54,69-72H,7-12,19-21,28-30,37-39,46-48,55-68H2,1-6H3. The van der Waals surface area contributed by atoms with Gasteiger partial charge in [0.2, 0.25) is 0 Å². The van der Waals surface area contributed by atoms with Crippen LogP contribution < -0.4 is 0 Å². The number of allylic oxidation sites excluding steroid dienone is 30. The topological polar surface area (TPSA) is 107 Å². The second kappa shape index (κ2) is 64.9. The Kier molecular flexibility index (Phi) is 60.6. The molecule has 0 rings (SSSR count). The normalized spacial score (nSPS) is 14.5. The van der Waals surface area contributed by atoms with E-state index < -0.39 is 42.3 Å². The van der Waals surface area contributed by atoms with Crippen molar-refractivity contribution < 1.29 is 42.8 Å². The lowest BCUT2D eigenvalue weighted by Gasteiger charge is -2.23. The molecule has 3 atom stereocenters. The molecule has 84 heavy (non-hydrogen) atoms. The molecule has 0 aromatic heterocycles. The zero-order valence-corrected chi connectivity index (χ0v) is 53.4. The molecule has 9 nitrogen and oxygen atoms in total. The molecule has 0 saturated heterocycles. The van der Waals surface area contributed by atoms with Crippen LogP contribution in [0.5, 0.6) is 0 Å². The second-order valence-electron chi connectivity index (χ2n) is 20.2. The van der Waals surface area contributed by atoms with Gasteiger partial charge in [-0.15, -0.1) is 0 Å². The first-order valence-corrected chi connectivity index (χ1v) is 32.5. The van der Waals surface area contributed by atoms with Crippen LogP contribution in [0.2, 0.25) is 0 Å². The lowest BCUT2D eigenvalue weighted by Crippen LogP contribution is -2.38. The Morgan fingerprint density at radius 1 is 0.274 bits per heavy atom. The number of rotatable bonds is 56. The molecule has 3 unspecified atom stereocenters. The van der Waals surface area contributed by atoms with E-state index in [4.69, 9.17) is 28.4 Å². The van der Waals surface area contributed by atoms with E-state index in [1.54, 1.807) is 0 Å². The molecule has 0 aliphatic carbocycles. The Morgan fingerprint density at radius 2 is 0.488 bits per heavy atom. The van der Waals surface area contributed by atoms with Crippen LogP contribution in [0, 0.1) is 0 Å². The number of carbonyl (C=O) groups excluding carboxylic acids is 3. The van der Waals surface area contributed by atoms with Gasteiger partial charge in [-0.2, -0.15) is 0 Å². The van der Waals surface area contributed by atoms with Gasteiger partial charge in [0.15, 0.2) is 24.4 Å². The summed E-state index contributed by atoms with van der Waals surface area (Å²) < 4.78 is 35.2. The number of unbranched alkanes of at least 4 members (excludes halogenated alkanes) is 6. The Bertz CT molecular complexity index is 1920. The quantitative estimate of drug-likeness (QED) is 0.0255. The summed E-state index contributed by atoms with van der Waals surface area (Å²) in [5, 5.41) is 0. The van der Waals surface area contributed by atoms with Gasteiger partial charge in [0, 0.05) is 19.8 Å². The second-order valence-corrected chi connectivity index (χ2v) is 20.2. The fourth-order valence-electron chi connectivity index (χ4n) is 7.83. The molecule has 0 aliphatic heterocycles. The van der Waals surface area contributed by atoms with Gasteiger partial charge in [-0.05, 0) is 173 Å². The Balaban J connectivity index is 5.14. The highest BCUT2D eigenvalue weighted by molar-refractivity contribution is 5.76. The summed E-state index contributed by atoms with van der Waals surface area (Å²) in [5.74, 6) is -1.71. The van der Waals surface area contributed by atoms with Gasteiger partial charge in [-0.25, -0.2) is 14.4 Å². The summed E-state index contributed by atoms with van der Waals surface area (Å²) in [4.78, 5) is 40.2. The Labute approximate surface area is 513 Å². The molecule has 9 heteroatoms. The lowest BCUT2D eigenvalue weighted by atomic mass is 10.2. The van der Waals surface area contributed by atoms with E-state index in [-0.39, 0.29) is 13.2 Å². The van der Waals surface area contributed by atoms with Gasteiger partial charge in [-0.1, -0.05) is 224 Å². The highest BCUT2D eigenvalue weighted by Gasteiger charge is 2.28. The molecular formula is C75H116O9. The average molecular weight is 1160 g/mol. The molecule has 0 aromatic carbocycles. The van der Waals surface area contributed by atoms with Crippen molar-refractivity contribution in [2.75, 3.05) is 33.0 Å². The van der Waals surface area contributed by atoms with Crippen molar-refractivity contribution in [2.24, 2.45) is 0 Å². The van der Waals surface area contributed by atoms with E-state index in [1.165, 1.54) is 0 Å². The summed E-state index contributed by atoms with van der Waals surface area (Å²) in [5.41, 5.74) is 0. The minimum atomic E-state index is -1.06. The maximum atomic E-state index is 13.5. The van der Waals surface area contributed by atoms with E-state index in [0.29, 0.717) is 39.1 Å². The molecule has 0 fully saturated rings. The third-order valence-electron chi connectivity index (χ3n) is 12.7. The maximum Gasteiger partial charge on any atom is 0.335 e. The van der Waals surface area contributed by atoms with Crippen LogP contribution in [-0.2, 0) is 42.8 Å². The van der Waals surface area contributed by atoms with E-state index in [2.05, 4.69) is 203 Å². The summed E-state index contributed by atoms with van der Waals surface area (Å²) in [7, 11) is 0. The third-order valence-corrected chi connectivity index (χ3v) is 12.7. The van der Waals surface area contributed by atoms with Gasteiger partial charge < -0.3 is 28.4 Å². The van der Waals surface area contributed by atoms with Crippen LogP contribution in [0.15, 0.2) is 182 Å². The predicted octanol–water partition coefficient (Wildman–Crippen LogP) is 20.1. The molecular weight excluding hydrogens is 1040 g/mol. The van der Waals surface area contributed by atoms with Crippen LogP contribution in [-0.4, -0.2) is 75.4 Å². The van der Waals surface area contributed by atoms with Crippen LogP contribution in [0.3, 0.4) is 0 Å². The first-order valence-electron chi connectivity index (χ1n) is 32.5. The average Bonchev–Trinajstić information content (AvgIpc) is 3.59. The van der Waals surface area contributed by atoms with Crippen LogP contribution in [0.4, 0.5) is 0 Å². The minimum Gasteiger partial charge on any atom is -0.460 e. The molecule has 0 aliphatic rings. The van der Waals surface area contributed by atoms with E-state index in [9.17, 15) is 14.4 Å². The summed E-state index contributed by atoms with van der Waals surface area (Å²) in [6.07, 6.45) is 86.1. The monoisotopic (exact) mass is 1160 g/mol. The van der Waals surface area contributed by atoms with Gasteiger partial charge >= 0.3 is 17.9 Å². The number of hydrogen-bond donors (Lipinski definition) is 0. The summed E-state index contributed by atoms with van der Waals surface area (Å²) in [6.45, 7) is 12.6. The van der Waals surface area contributed by atoms with Crippen molar-refractivity contribution in [2.45, 2.75) is 239 Å². The van der Waals surface area contributed by atoms with Crippen molar-refractivity contribution in [1.29, 1.82) is 0 Å². The molecule has 0 spiro atoms. The number of hydrogen-bond acceptors (Lipinski definition) is 9. The molecule has 0 heterocycles. The molecule has 0 saturated carbocycles. The van der Waals surface area contributed by atoms with Crippen LogP contribution in [0.25, 0.3) is 0 Å². The number of ether oxygens (including phenoxy) is 6.